The quantitative estimate of drug-likeness (QED) is 0.172. The van der Waals surface area contributed by atoms with Crippen LogP contribution >= 0.6 is 43.6 Å². The molecule has 0 aliphatic carbocycles. The number of nitrogens with zero attached hydrogens (tertiary/aromatic N) is 2. The molecule has 7 nitrogen and oxygen atoms in total. The number of thioether (sulfide) groups is 1. The first-order valence-corrected chi connectivity index (χ1v) is 14.6. The van der Waals surface area contributed by atoms with Crippen LogP contribution in [-0.4, -0.2) is 42.2 Å². The lowest BCUT2D eigenvalue weighted by atomic mass is 10.1. The first-order chi connectivity index (χ1) is 18.8. The van der Waals surface area contributed by atoms with E-state index in [0.717, 1.165) is 20.1 Å². The van der Waals surface area contributed by atoms with Crippen molar-refractivity contribution in [2.75, 3.05) is 20.3 Å². The van der Waals surface area contributed by atoms with Gasteiger partial charge in [-0.15, -0.1) is 0 Å². The molecule has 39 heavy (non-hydrogen) atoms. The van der Waals surface area contributed by atoms with Gasteiger partial charge in [-0.25, -0.2) is 9.79 Å². The third-order valence-corrected chi connectivity index (χ3v) is 7.71. The summed E-state index contributed by atoms with van der Waals surface area (Å²) in [6.45, 7) is 4.82. The molecular formula is C29H26Br2N2O5S. The lowest BCUT2D eigenvalue weighted by Crippen LogP contribution is -2.23. The molecule has 4 rings (SSSR count). The standard InChI is InChI=1S/C29H26Br2N2O5S/c1-4-36-24-15-19(14-23(31)26(24)38-17-18-6-10-21(30)11-7-18)16-25-27(34)33(3)29(39-25)32-22-12-8-20(9-13-22)28(35)37-5-2/h6-16H,4-5,17H2,1-3H3/b25-16-,32-29?. The maximum absolute atomic E-state index is 13.0. The Morgan fingerprint density at radius 1 is 1.00 bits per heavy atom. The minimum Gasteiger partial charge on any atom is -0.490 e. The molecule has 1 amide bonds. The maximum atomic E-state index is 13.0. The van der Waals surface area contributed by atoms with Gasteiger partial charge in [0, 0.05) is 11.5 Å². The Balaban J connectivity index is 1.54. The number of esters is 1. The molecule has 0 saturated carbocycles. The van der Waals surface area contributed by atoms with Crippen LogP contribution in [-0.2, 0) is 16.1 Å². The molecule has 0 aromatic heterocycles. The first-order valence-electron chi connectivity index (χ1n) is 12.2. The number of halogens is 2. The van der Waals surface area contributed by atoms with Gasteiger partial charge in [0.25, 0.3) is 5.91 Å². The lowest BCUT2D eigenvalue weighted by molar-refractivity contribution is -0.121. The summed E-state index contributed by atoms with van der Waals surface area (Å²) < 4.78 is 18.7. The molecule has 3 aromatic rings. The van der Waals surface area contributed by atoms with Gasteiger partial charge in [-0.3, -0.25) is 9.69 Å². The number of hydrogen-bond acceptors (Lipinski definition) is 7. The Morgan fingerprint density at radius 2 is 1.72 bits per heavy atom. The average Bonchev–Trinajstić information content (AvgIpc) is 3.17. The molecule has 1 fully saturated rings. The van der Waals surface area contributed by atoms with Crippen molar-refractivity contribution in [3.05, 3.63) is 91.2 Å². The summed E-state index contributed by atoms with van der Waals surface area (Å²) in [5, 5.41) is 0.536. The summed E-state index contributed by atoms with van der Waals surface area (Å²) in [7, 11) is 1.68. The fourth-order valence-corrected chi connectivity index (χ4v) is 5.44. The topological polar surface area (TPSA) is 77.4 Å². The summed E-state index contributed by atoms with van der Waals surface area (Å²) in [5.74, 6) is 0.631. The van der Waals surface area contributed by atoms with Crippen LogP contribution in [0.5, 0.6) is 11.5 Å². The van der Waals surface area contributed by atoms with E-state index in [9.17, 15) is 9.59 Å². The van der Waals surface area contributed by atoms with Crippen LogP contribution in [0.1, 0.15) is 35.3 Å². The number of ether oxygens (including phenoxy) is 3. The number of benzene rings is 3. The van der Waals surface area contributed by atoms with Gasteiger partial charge >= 0.3 is 5.97 Å². The van der Waals surface area contributed by atoms with Crippen LogP contribution < -0.4 is 9.47 Å². The summed E-state index contributed by atoms with van der Waals surface area (Å²) in [6.07, 6.45) is 1.81. The van der Waals surface area contributed by atoms with Crippen molar-refractivity contribution in [1.82, 2.24) is 4.90 Å². The molecule has 0 N–H and O–H groups in total. The molecule has 1 aliphatic heterocycles. The molecule has 1 saturated heterocycles. The molecule has 0 spiro atoms. The van der Waals surface area contributed by atoms with Crippen molar-refractivity contribution >= 4 is 72.4 Å². The zero-order valence-corrected chi connectivity index (χ0v) is 25.6. The molecule has 0 atom stereocenters. The number of carbonyl (C=O) groups excluding carboxylic acids is 2. The van der Waals surface area contributed by atoms with Gasteiger partial charge in [0.15, 0.2) is 16.7 Å². The Labute approximate surface area is 248 Å². The van der Waals surface area contributed by atoms with Crippen molar-refractivity contribution < 1.29 is 23.8 Å². The second-order valence-corrected chi connectivity index (χ2v) is 11.1. The van der Waals surface area contributed by atoms with Gasteiger partial charge in [0.1, 0.15) is 6.61 Å². The van der Waals surface area contributed by atoms with E-state index < -0.39 is 0 Å². The van der Waals surface area contributed by atoms with E-state index in [4.69, 9.17) is 14.2 Å². The third-order valence-electron chi connectivity index (χ3n) is 5.53. The fourth-order valence-electron chi connectivity index (χ4n) is 3.61. The minimum atomic E-state index is -0.383. The third kappa shape index (κ3) is 7.32. The van der Waals surface area contributed by atoms with Crippen LogP contribution in [0.4, 0.5) is 5.69 Å². The molecule has 10 heteroatoms. The summed E-state index contributed by atoms with van der Waals surface area (Å²) in [4.78, 5) is 31.5. The summed E-state index contributed by atoms with van der Waals surface area (Å²) >= 11 is 8.33. The largest absolute Gasteiger partial charge is 0.490 e. The number of likely N-dealkylation sites (N-methyl/N-ethyl adjacent to an activating group) is 1. The minimum absolute atomic E-state index is 0.161. The van der Waals surface area contributed by atoms with E-state index in [-0.39, 0.29) is 11.9 Å². The molecule has 0 unspecified atom stereocenters. The fraction of sp³-hybridized carbons (Fsp3) is 0.207. The van der Waals surface area contributed by atoms with Crippen molar-refractivity contribution in [2.45, 2.75) is 20.5 Å². The van der Waals surface area contributed by atoms with E-state index in [1.54, 1.807) is 38.2 Å². The molecular weight excluding hydrogens is 648 g/mol. The Bertz CT molecular complexity index is 1420. The highest BCUT2D eigenvalue weighted by atomic mass is 79.9. The average molecular weight is 674 g/mol. The van der Waals surface area contributed by atoms with Crippen molar-refractivity contribution in [2.24, 2.45) is 4.99 Å². The highest BCUT2D eigenvalue weighted by Crippen LogP contribution is 2.40. The number of amidine groups is 1. The van der Waals surface area contributed by atoms with Crippen LogP contribution in [0.15, 0.2) is 79.5 Å². The molecule has 3 aromatic carbocycles. The zero-order chi connectivity index (χ0) is 27.9. The van der Waals surface area contributed by atoms with E-state index in [2.05, 4.69) is 36.9 Å². The number of carbonyl (C=O) groups is 2. The van der Waals surface area contributed by atoms with E-state index in [0.29, 0.717) is 52.6 Å². The van der Waals surface area contributed by atoms with E-state index >= 15 is 0 Å². The number of rotatable bonds is 9. The normalized spacial score (nSPS) is 15.2. The number of aliphatic imine (C=N–C) groups is 1. The second-order valence-electron chi connectivity index (χ2n) is 8.31. The van der Waals surface area contributed by atoms with Crippen molar-refractivity contribution in [3.8, 4) is 11.5 Å². The first kappa shape index (κ1) is 28.9. The van der Waals surface area contributed by atoms with Gasteiger partial charge < -0.3 is 14.2 Å². The number of hydrogen-bond donors (Lipinski definition) is 0. The molecule has 1 aliphatic rings. The van der Waals surface area contributed by atoms with Crippen LogP contribution in [0.2, 0.25) is 0 Å². The molecule has 202 valence electrons. The second kappa shape index (κ2) is 13.3. The van der Waals surface area contributed by atoms with Gasteiger partial charge in [-0.1, -0.05) is 28.1 Å². The van der Waals surface area contributed by atoms with Crippen molar-refractivity contribution in [1.29, 1.82) is 0 Å². The van der Waals surface area contributed by atoms with Crippen molar-refractivity contribution in [3.63, 3.8) is 0 Å². The predicted octanol–water partition coefficient (Wildman–Crippen LogP) is 7.60. The zero-order valence-electron chi connectivity index (χ0n) is 21.6. The predicted molar refractivity (Wildman–Crippen MR) is 162 cm³/mol. The Hall–Kier alpha value is -3.08. The highest BCUT2D eigenvalue weighted by molar-refractivity contribution is 9.10. The maximum Gasteiger partial charge on any atom is 0.338 e. The monoisotopic (exact) mass is 672 g/mol. The highest BCUT2D eigenvalue weighted by Gasteiger charge is 2.30. The van der Waals surface area contributed by atoms with E-state index in [1.807, 2.05) is 49.4 Å². The Morgan fingerprint density at radius 3 is 2.38 bits per heavy atom. The number of amides is 1. The van der Waals surface area contributed by atoms with Gasteiger partial charge in [-0.2, -0.15) is 0 Å². The molecule has 0 radical (unpaired) electrons. The smallest absolute Gasteiger partial charge is 0.338 e. The van der Waals surface area contributed by atoms with Crippen LogP contribution in [0, 0.1) is 0 Å². The van der Waals surface area contributed by atoms with Crippen LogP contribution in [0.3, 0.4) is 0 Å². The van der Waals surface area contributed by atoms with Crippen LogP contribution in [0.25, 0.3) is 6.08 Å². The summed E-state index contributed by atoms with van der Waals surface area (Å²) in [5.41, 5.74) is 2.88. The molecule has 0 bridgehead atoms. The van der Waals surface area contributed by atoms with Gasteiger partial charge in [0.05, 0.1) is 33.8 Å². The van der Waals surface area contributed by atoms with E-state index in [1.165, 1.54) is 16.7 Å². The van der Waals surface area contributed by atoms with Gasteiger partial charge in [0.2, 0.25) is 0 Å². The lowest BCUT2D eigenvalue weighted by Gasteiger charge is -2.15. The Kier molecular flexibility index (Phi) is 9.88. The summed E-state index contributed by atoms with van der Waals surface area (Å²) in [6, 6.07) is 18.4. The molecule has 1 heterocycles. The van der Waals surface area contributed by atoms with Gasteiger partial charge in [-0.05, 0) is 107 Å². The SMILES string of the molecule is CCOC(=O)c1ccc(N=C2S/C(=C\c3cc(Br)c(OCc4ccc(Br)cc4)c(OCC)c3)C(=O)N2C)cc1.